The molecule has 0 radical (unpaired) electrons. The number of carbonyl (C=O) groups is 1. The zero-order valence-electron chi connectivity index (χ0n) is 14.4. The van der Waals surface area contributed by atoms with Crippen molar-refractivity contribution in [2.45, 2.75) is 78.9 Å². The first-order valence-electron chi connectivity index (χ1n) is 8.67. The van der Waals surface area contributed by atoms with Gasteiger partial charge in [-0.3, -0.25) is 4.79 Å². The zero-order chi connectivity index (χ0) is 15.8. The van der Waals surface area contributed by atoms with Gasteiger partial charge in [-0.2, -0.15) is 0 Å². The number of nitrogens with two attached hydrogens (primary N) is 1. The quantitative estimate of drug-likeness (QED) is 0.789. The first-order valence-corrected chi connectivity index (χ1v) is 8.67. The Hall–Kier alpha value is -0.570. The van der Waals surface area contributed by atoms with Crippen molar-refractivity contribution in [2.24, 2.45) is 34.8 Å². The molecule has 2 N–H and O–H groups in total. The van der Waals surface area contributed by atoms with Gasteiger partial charge in [0.2, 0.25) is 0 Å². The Bertz CT molecular complexity index is 369. The van der Waals surface area contributed by atoms with Crippen molar-refractivity contribution in [1.29, 1.82) is 0 Å². The Morgan fingerprint density at radius 3 is 2.19 bits per heavy atom. The number of rotatable bonds is 2. The first kappa shape index (κ1) is 16.8. The normalized spacial score (nSPS) is 43.3. The summed E-state index contributed by atoms with van der Waals surface area (Å²) >= 11 is 0. The van der Waals surface area contributed by atoms with Crippen LogP contribution in [0.2, 0.25) is 0 Å². The number of ether oxygens (including phenoxy) is 1. The number of carbonyl (C=O) groups excluding carboxylic acids is 1. The van der Waals surface area contributed by atoms with Crippen molar-refractivity contribution in [3.05, 3.63) is 0 Å². The number of esters is 1. The van der Waals surface area contributed by atoms with Gasteiger partial charge >= 0.3 is 5.97 Å². The van der Waals surface area contributed by atoms with Gasteiger partial charge in [0.15, 0.2) is 0 Å². The third-order valence-corrected chi connectivity index (χ3v) is 6.21. The van der Waals surface area contributed by atoms with E-state index < -0.39 is 0 Å². The summed E-state index contributed by atoms with van der Waals surface area (Å²) in [5.41, 5.74) is 6.12. The molecular weight excluding hydrogens is 262 g/mol. The van der Waals surface area contributed by atoms with Crippen molar-refractivity contribution in [1.82, 2.24) is 0 Å². The maximum atomic E-state index is 12.7. The molecule has 2 fully saturated rings. The van der Waals surface area contributed by atoms with Crippen LogP contribution < -0.4 is 5.73 Å². The maximum absolute atomic E-state index is 12.7. The van der Waals surface area contributed by atoms with Crippen LogP contribution in [0.25, 0.3) is 0 Å². The minimum Gasteiger partial charge on any atom is -0.462 e. The topological polar surface area (TPSA) is 52.3 Å². The van der Waals surface area contributed by atoms with Gasteiger partial charge in [0.05, 0.1) is 5.92 Å². The Labute approximate surface area is 130 Å². The molecule has 0 bridgehead atoms. The summed E-state index contributed by atoms with van der Waals surface area (Å²) in [5, 5.41) is 0. The molecule has 5 unspecified atom stereocenters. The van der Waals surface area contributed by atoms with Gasteiger partial charge in [-0.15, -0.1) is 0 Å². The van der Waals surface area contributed by atoms with Crippen molar-refractivity contribution in [3.8, 4) is 0 Å². The maximum Gasteiger partial charge on any atom is 0.309 e. The molecule has 2 rings (SSSR count). The lowest BCUT2D eigenvalue weighted by Gasteiger charge is -2.46. The molecule has 0 spiro atoms. The highest BCUT2D eigenvalue weighted by Gasteiger charge is 2.46. The van der Waals surface area contributed by atoms with E-state index in [4.69, 9.17) is 10.5 Å². The van der Waals surface area contributed by atoms with Gasteiger partial charge in [0.25, 0.3) is 0 Å². The van der Waals surface area contributed by atoms with Crippen LogP contribution in [0.1, 0.15) is 66.7 Å². The fraction of sp³-hybridized carbons (Fsp3) is 0.944. The second kappa shape index (κ2) is 6.28. The van der Waals surface area contributed by atoms with Gasteiger partial charge in [-0.05, 0) is 55.3 Å². The first-order chi connectivity index (χ1) is 9.71. The Kier molecular flexibility index (Phi) is 5.02. The molecule has 21 heavy (non-hydrogen) atoms. The predicted molar refractivity (Wildman–Crippen MR) is 85.7 cm³/mol. The Morgan fingerprint density at radius 2 is 1.62 bits per heavy atom. The van der Waals surface area contributed by atoms with Gasteiger partial charge in [0.1, 0.15) is 6.10 Å². The summed E-state index contributed by atoms with van der Waals surface area (Å²) in [6, 6.07) is 0.207. The molecule has 0 aromatic heterocycles. The van der Waals surface area contributed by atoms with Crippen LogP contribution in [-0.4, -0.2) is 18.1 Å². The number of hydrogen-bond acceptors (Lipinski definition) is 3. The molecule has 3 heteroatoms. The van der Waals surface area contributed by atoms with Gasteiger partial charge in [0, 0.05) is 6.04 Å². The highest BCUT2D eigenvalue weighted by atomic mass is 16.5. The summed E-state index contributed by atoms with van der Waals surface area (Å²) in [5.74, 6) is 1.70. The minimum absolute atomic E-state index is 0.000149. The van der Waals surface area contributed by atoms with Gasteiger partial charge < -0.3 is 10.5 Å². The summed E-state index contributed by atoms with van der Waals surface area (Å²) in [4.78, 5) is 12.7. The fourth-order valence-electron chi connectivity index (χ4n) is 4.49. The van der Waals surface area contributed by atoms with Gasteiger partial charge in [-0.1, -0.05) is 34.6 Å². The highest BCUT2D eigenvalue weighted by Crippen LogP contribution is 2.45. The van der Waals surface area contributed by atoms with Crippen molar-refractivity contribution >= 4 is 5.97 Å². The van der Waals surface area contributed by atoms with Crippen LogP contribution in [0, 0.1) is 29.1 Å². The molecule has 2 saturated carbocycles. The second-order valence-corrected chi connectivity index (χ2v) is 8.38. The molecule has 3 nitrogen and oxygen atoms in total. The lowest BCUT2D eigenvalue weighted by atomic mass is 9.61. The van der Waals surface area contributed by atoms with Crippen molar-refractivity contribution in [2.75, 3.05) is 0 Å². The molecule has 0 aromatic rings. The van der Waals surface area contributed by atoms with Crippen LogP contribution in [0.5, 0.6) is 0 Å². The lowest BCUT2D eigenvalue weighted by molar-refractivity contribution is -0.165. The third kappa shape index (κ3) is 3.61. The van der Waals surface area contributed by atoms with Crippen LogP contribution in [0.3, 0.4) is 0 Å². The summed E-state index contributed by atoms with van der Waals surface area (Å²) < 4.78 is 5.91. The fourth-order valence-corrected chi connectivity index (χ4v) is 4.49. The van der Waals surface area contributed by atoms with E-state index in [1.165, 1.54) is 6.42 Å². The summed E-state index contributed by atoms with van der Waals surface area (Å²) in [7, 11) is 0. The summed E-state index contributed by atoms with van der Waals surface area (Å²) in [6.45, 7) is 11.1. The van der Waals surface area contributed by atoms with E-state index in [0.29, 0.717) is 17.8 Å². The molecule has 122 valence electrons. The SMILES string of the molecule is CC1CC(C)CC(OC(=O)C2CCC(N)C(C)C2(C)C)C1. The van der Waals surface area contributed by atoms with E-state index in [0.717, 1.165) is 25.7 Å². The van der Waals surface area contributed by atoms with Crippen molar-refractivity contribution in [3.63, 3.8) is 0 Å². The van der Waals surface area contributed by atoms with Crippen LogP contribution in [0.15, 0.2) is 0 Å². The zero-order valence-corrected chi connectivity index (χ0v) is 14.4. The second-order valence-electron chi connectivity index (χ2n) is 8.38. The van der Waals surface area contributed by atoms with Crippen LogP contribution in [0.4, 0.5) is 0 Å². The van der Waals surface area contributed by atoms with E-state index in [-0.39, 0.29) is 29.4 Å². The third-order valence-electron chi connectivity index (χ3n) is 6.21. The molecule has 0 heterocycles. The van der Waals surface area contributed by atoms with E-state index >= 15 is 0 Å². The largest absolute Gasteiger partial charge is 0.462 e. The molecule has 2 aliphatic carbocycles. The highest BCUT2D eigenvalue weighted by molar-refractivity contribution is 5.73. The van der Waals surface area contributed by atoms with E-state index in [1.54, 1.807) is 0 Å². The monoisotopic (exact) mass is 295 g/mol. The Balaban J connectivity index is 1.99. The van der Waals surface area contributed by atoms with Crippen molar-refractivity contribution < 1.29 is 9.53 Å². The lowest BCUT2D eigenvalue weighted by Crippen LogP contribution is -2.50. The van der Waals surface area contributed by atoms with Gasteiger partial charge in [-0.25, -0.2) is 0 Å². The molecule has 5 atom stereocenters. The minimum atomic E-state index is -0.0688. The van der Waals surface area contributed by atoms with E-state index in [2.05, 4.69) is 34.6 Å². The average Bonchev–Trinajstić information content (AvgIpc) is 2.34. The Morgan fingerprint density at radius 1 is 1.05 bits per heavy atom. The molecule has 0 aromatic carbocycles. The molecule has 2 aliphatic rings. The molecule has 0 aliphatic heterocycles. The van der Waals surface area contributed by atoms with Crippen LogP contribution >= 0.6 is 0 Å². The molecule has 0 saturated heterocycles. The molecule has 0 amide bonds. The number of hydrogen-bond donors (Lipinski definition) is 1. The predicted octanol–water partition coefficient (Wildman–Crippen LogP) is 3.75. The summed E-state index contributed by atoms with van der Waals surface area (Å²) in [6.07, 6.45) is 5.24. The molecular formula is C18H33NO2. The van der Waals surface area contributed by atoms with Crippen LogP contribution in [-0.2, 0) is 9.53 Å². The van der Waals surface area contributed by atoms with E-state index in [9.17, 15) is 4.79 Å². The van der Waals surface area contributed by atoms with E-state index in [1.807, 2.05) is 0 Å². The standard InChI is InChI=1S/C18H33NO2/c1-11-8-12(2)10-14(9-11)21-17(20)15-6-7-16(19)13(3)18(15,4)5/h11-16H,6-10,19H2,1-5H3. The average molecular weight is 295 g/mol. The smallest absolute Gasteiger partial charge is 0.309 e.